The van der Waals surface area contributed by atoms with Crippen LogP contribution in [0.15, 0.2) is 91.0 Å². The highest BCUT2D eigenvalue weighted by molar-refractivity contribution is 5.96. The number of carbonyl (C=O) groups is 2. The Hall–Kier alpha value is -4.69. The number of nitrogens with zero attached hydrogens (tertiary/aromatic N) is 4. The Kier molecular flexibility index (Phi) is 7.88. The molecule has 6 rings (SSSR count). The van der Waals surface area contributed by atoms with Crippen molar-refractivity contribution in [3.8, 4) is 34.0 Å². The SMILES string of the molecule is O=C(c1ccc(O)c(O)c1)N1CCC(N2CCN(C(=O)c3cc(-c4ccccc4)nc(-c4ccccc4)c3)CC2)CC1. The Morgan fingerprint density at radius 3 is 1.67 bits per heavy atom. The standard InChI is InChI=1S/C34H34N4O4/c39-31-12-11-26(23-32(31)40)33(41)37-15-13-28(14-16-37)36-17-19-38(20-18-36)34(42)27-21-29(24-7-3-1-4-8-24)35-30(22-27)25-9-5-2-6-10-25/h1-12,21-23,28,39-40H,13-20H2. The zero-order chi connectivity index (χ0) is 29.1. The van der Waals surface area contributed by atoms with Crippen molar-refractivity contribution < 1.29 is 19.8 Å². The van der Waals surface area contributed by atoms with Crippen LogP contribution in [0.2, 0.25) is 0 Å². The summed E-state index contributed by atoms with van der Waals surface area (Å²) in [5.74, 6) is -0.646. The number of piperazine rings is 1. The molecule has 2 aliphatic heterocycles. The molecule has 2 aliphatic rings. The first-order valence-corrected chi connectivity index (χ1v) is 14.4. The van der Waals surface area contributed by atoms with Gasteiger partial charge in [-0.3, -0.25) is 14.5 Å². The number of benzene rings is 3. The molecule has 1 aromatic heterocycles. The van der Waals surface area contributed by atoms with Crippen LogP contribution in [-0.4, -0.2) is 87.0 Å². The summed E-state index contributed by atoms with van der Waals surface area (Å²) in [7, 11) is 0. The van der Waals surface area contributed by atoms with E-state index in [1.54, 1.807) is 4.90 Å². The molecule has 0 spiro atoms. The molecular formula is C34H34N4O4. The highest BCUT2D eigenvalue weighted by Gasteiger charge is 2.31. The number of piperidine rings is 1. The Morgan fingerprint density at radius 1 is 0.595 bits per heavy atom. The van der Waals surface area contributed by atoms with Crippen LogP contribution in [0.1, 0.15) is 33.6 Å². The Balaban J connectivity index is 1.10. The minimum absolute atomic E-state index is 0.0176. The van der Waals surface area contributed by atoms with E-state index in [9.17, 15) is 19.8 Å². The molecule has 3 heterocycles. The highest BCUT2D eigenvalue weighted by Crippen LogP contribution is 2.28. The lowest BCUT2D eigenvalue weighted by molar-refractivity contribution is 0.0412. The van der Waals surface area contributed by atoms with Crippen molar-refractivity contribution >= 4 is 11.8 Å². The van der Waals surface area contributed by atoms with Crippen LogP contribution in [0.4, 0.5) is 0 Å². The quantitative estimate of drug-likeness (QED) is 0.336. The summed E-state index contributed by atoms with van der Waals surface area (Å²) < 4.78 is 0. The largest absolute Gasteiger partial charge is 0.504 e. The number of rotatable bonds is 5. The molecule has 8 nitrogen and oxygen atoms in total. The first-order valence-electron chi connectivity index (χ1n) is 14.4. The molecule has 0 saturated carbocycles. The molecule has 2 saturated heterocycles. The fourth-order valence-corrected chi connectivity index (χ4v) is 5.91. The van der Waals surface area contributed by atoms with Gasteiger partial charge in [0, 0.05) is 67.6 Å². The number of aromatic nitrogens is 1. The van der Waals surface area contributed by atoms with Crippen LogP contribution in [-0.2, 0) is 0 Å². The van der Waals surface area contributed by atoms with Crippen molar-refractivity contribution in [3.63, 3.8) is 0 Å². The summed E-state index contributed by atoms with van der Waals surface area (Å²) in [6.07, 6.45) is 1.71. The van der Waals surface area contributed by atoms with E-state index in [0.29, 0.717) is 43.3 Å². The Labute approximate surface area is 245 Å². The predicted molar refractivity (Wildman–Crippen MR) is 161 cm³/mol. The van der Waals surface area contributed by atoms with Crippen molar-refractivity contribution in [2.45, 2.75) is 18.9 Å². The molecule has 0 atom stereocenters. The van der Waals surface area contributed by atoms with E-state index in [1.165, 1.54) is 18.2 Å². The van der Waals surface area contributed by atoms with Crippen LogP contribution < -0.4 is 0 Å². The third kappa shape index (κ3) is 5.85. The van der Waals surface area contributed by atoms with Crippen LogP contribution in [0.3, 0.4) is 0 Å². The summed E-state index contributed by atoms with van der Waals surface area (Å²) in [6.45, 7) is 4.14. The minimum Gasteiger partial charge on any atom is -0.504 e. The molecule has 8 heteroatoms. The van der Waals surface area contributed by atoms with Crippen LogP contribution in [0.25, 0.3) is 22.5 Å². The molecule has 214 valence electrons. The van der Waals surface area contributed by atoms with Crippen molar-refractivity contribution in [2.24, 2.45) is 0 Å². The van der Waals surface area contributed by atoms with E-state index >= 15 is 0 Å². The van der Waals surface area contributed by atoms with Gasteiger partial charge in [-0.25, -0.2) is 4.98 Å². The molecule has 2 amide bonds. The average Bonchev–Trinajstić information content (AvgIpc) is 3.06. The number of phenolic OH excluding ortho intramolecular Hbond substituents is 2. The van der Waals surface area contributed by atoms with Gasteiger partial charge in [0.1, 0.15) is 0 Å². The van der Waals surface area contributed by atoms with E-state index in [2.05, 4.69) is 4.90 Å². The second-order valence-corrected chi connectivity index (χ2v) is 10.9. The topological polar surface area (TPSA) is 97.2 Å². The zero-order valence-electron chi connectivity index (χ0n) is 23.4. The normalized spacial score (nSPS) is 16.4. The molecule has 3 aromatic carbocycles. The summed E-state index contributed by atoms with van der Waals surface area (Å²) in [5, 5.41) is 19.3. The number of aromatic hydroxyl groups is 2. The van der Waals surface area contributed by atoms with Gasteiger partial charge in [-0.15, -0.1) is 0 Å². The fraction of sp³-hybridized carbons (Fsp3) is 0.265. The summed E-state index contributed by atoms with van der Waals surface area (Å²) in [6, 6.07) is 28.2. The fourth-order valence-electron chi connectivity index (χ4n) is 5.91. The number of pyridine rings is 1. The molecule has 2 fully saturated rings. The summed E-state index contributed by atoms with van der Waals surface area (Å²) in [5.41, 5.74) is 4.52. The first-order chi connectivity index (χ1) is 20.5. The van der Waals surface area contributed by atoms with Gasteiger partial charge in [0.2, 0.25) is 0 Å². The van der Waals surface area contributed by atoms with Gasteiger partial charge >= 0.3 is 0 Å². The molecule has 0 aliphatic carbocycles. The molecule has 42 heavy (non-hydrogen) atoms. The van der Waals surface area contributed by atoms with Gasteiger partial charge < -0.3 is 20.0 Å². The van der Waals surface area contributed by atoms with Crippen LogP contribution >= 0.6 is 0 Å². The number of hydrogen-bond acceptors (Lipinski definition) is 6. The third-order valence-corrected chi connectivity index (χ3v) is 8.30. The van der Waals surface area contributed by atoms with E-state index in [4.69, 9.17) is 4.98 Å². The van der Waals surface area contributed by atoms with E-state index < -0.39 is 0 Å². The van der Waals surface area contributed by atoms with Crippen molar-refractivity contribution in [2.75, 3.05) is 39.3 Å². The van der Waals surface area contributed by atoms with Gasteiger partial charge in [0.05, 0.1) is 11.4 Å². The summed E-state index contributed by atoms with van der Waals surface area (Å²) >= 11 is 0. The van der Waals surface area contributed by atoms with E-state index in [0.717, 1.165) is 48.4 Å². The lowest BCUT2D eigenvalue weighted by Gasteiger charge is -2.42. The second-order valence-electron chi connectivity index (χ2n) is 10.9. The van der Waals surface area contributed by atoms with Gasteiger partial charge in [0.15, 0.2) is 11.5 Å². The molecule has 0 unspecified atom stereocenters. The van der Waals surface area contributed by atoms with E-state index in [1.807, 2.05) is 77.7 Å². The van der Waals surface area contributed by atoms with Crippen LogP contribution in [0.5, 0.6) is 11.5 Å². The number of hydrogen-bond donors (Lipinski definition) is 2. The lowest BCUT2D eigenvalue weighted by atomic mass is 10.0. The van der Waals surface area contributed by atoms with E-state index in [-0.39, 0.29) is 23.3 Å². The van der Waals surface area contributed by atoms with Gasteiger partial charge in [-0.2, -0.15) is 0 Å². The predicted octanol–water partition coefficient (Wildman–Crippen LogP) is 4.89. The molecule has 2 N–H and O–H groups in total. The van der Waals surface area contributed by atoms with Crippen molar-refractivity contribution in [1.82, 2.24) is 19.7 Å². The minimum atomic E-state index is -0.289. The van der Waals surface area contributed by atoms with Crippen LogP contribution in [0, 0.1) is 0 Å². The maximum Gasteiger partial charge on any atom is 0.254 e. The number of phenols is 2. The van der Waals surface area contributed by atoms with Gasteiger partial charge in [-0.05, 0) is 43.2 Å². The third-order valence-electron chi connectivity index (χ3n) is 8.30. The highest BCUT2D eigenvalue weighted by atomic mass is 16.3. The molecule has 0 bridgehead atoms. The first kappa shape index (κ1) is 27.5. The summed E-state index contributed by atoms with van der Waals surface area (Å²) in [4.78, 5) is 37.7. The Bertz CT molecular complexity index is 1500. The zero-order valence-corrected chi connectivity index (χ0v) is 23.4. The maximum atomic E-state index is 13.7. The maximum absolute atomic E-state index is 13.7. The van der Waals surface area contributed by atoms with Crippen molar-refractivity contribution in [3.05, 3.63) is 102 Å². The van der Waals surface area contributed by atoms with Gasteiger partial charge in [0.25, 0.3) is 11.8 Å². The number of amides is 2. The smallest absolute Gasteiger partial charge is 0.254 e. The Morgan fingerprint density at radius 2 is 1.12 bits per heavy atom. The van der Waals surface area contributed by atoms with Crippen molar-refractivity contribution in [1.29, 1.82) is 0 Å². The molecule has 4 aromatic rings. The molecular weight excluding hydrogens is 528 g/mol. The number of likely N-dealkylation sites (tertiary alicyclic amines) is 1. The number of carbonyl (C=O) groups excluding carboxylic acids is 2. The average molecular weight is 563 g/mol. The second kappa shape index (κ2) is 12.0. The van der Waals surface area contributed by atoms with Gasteiger partial charge in [-0.1, -0.05) is 60.7 Å². The molecule has 0 radical (unpaired) electrons. The lowest BCUT2D eigenvalue weighted by Crippen LogP contribution is -2.54. The monoisotopic (exact) mass is 562 g/mol.